The lowest BCUT2D eigenvalue weighted by molar-refractivity contribution is 0.143. The van der Waals surface area contributed by atoms with E-state index in [9.17, 15) is 4.79 Å². The molecule has 0 spiro atoms. The molecule has 2 aliphatic rings. The third-order valence-corrected chi connectivity index (χ3v) is 4.23. The number of amides is 2. The van der Waals surface area contributed by atoms with Gasteiger partial charge in [-0.1, -0.05) is 31.8 Å². The fourth-order valence-electron chi connectivity index (χ4n) is 3.01. The van der Waals surface area contributed by atoms with Crippen molar-refractivity contribution in [3.63, 3.8) is 0 Å². The molecule has 0 atom stereocenters. The Hall–Kier alpha value is -1.03. The molecule has 0 aromatic carbocycles. The molecule has 2 amide bonds. The van der Waals surface area contributed by atoms with Gasteiger partial charge in [0.1, 0.15) is 0 Å². The van der Waals surface area contributed by atoms with Crippen LogP contribution in [0.4, 0.5) is 4.79 Å². The van der Waals surface area contributed by atoms with E-state index >= 15 is 0 Å². The summed E-state index contributed by atoms with van der Waals surface area (Å²) >= 11 is 0. The average Bonchev–Trinajstić information content (AvgIpc) is 2.68. The van der Waals surface area contributed by atoms with E-state index in [1.165, 1.54) is 25.7 Å². The fourth-order valence-corrected chi connectivity index (χ4v) is 3.01. The van der Waals surface area contributed by atoms with Crippen molar-refractivity contribution in [3.8, 4) is 0 Å². The monoisotopic (exact) mass is 265 g/mol. The van der Waals surface area contributed by atoms with Crippen molar-refractivity contribution < 1.29 is 4.79 Å². The van der Waals surface area contributed by atoms with Crippen LogP contribution in [-0.2, 0) is 0 Å². The van der Waals surface area contributed by atoms with Crippen molar-refractivity contribution in [1.82, 2.24) is 15.1 Å². The summed E-state index contributed by atoms with van der Waals surface area (Å²) in [6.45, 7) is 8.29. The van der Waals surface area contributed by atoms with Crippen LogP contribution in [0, 0.1) is 0 Å². The maximum absolute atomic E-state index is 12.2. The van der Waals surface area contributed by atoms with E-state index in [2.05, 4.69) is 16.8 Å². The Morgan fingerprint density at radius 1 is 1.11 bits per heavy atom. The zero-order chi connectivity index (χ0) is 13.5. The Morgan fingerprint density at radius 3 is 2.32 bits per heavy atom. The molecule has 4 nitrogen and oxygen atoms in total. The molecule has 0 bridgehead atoms. The zero-order valence-electron chi connectivity index (χ0n) is 11.9. The standard InChI is InChI=1S/C15H27N3O/c1-2-9-17-10-12-18(13-11-17)15(19)16-14-7-5-3-4-6-8-14/h2,14H,1,3-13H2,(H,16,19). The first-order valence-corrected chi connectivity index (χ1v) is 7.68. The van der Waals surface area contributed by atoms with E-state index in [1.54, 1.807) is 0 Å². The number of rotatable bonds is 3. The normalized spacial score (nSPS) is 22.8. The van der Waals surface area contributed by atoms with Crippen LogP contribution < -0.4 is 5.32 Å². The number of urea groups is 1. The van der Waals surface area contributed by atoms with E-state index in [0.29, 0.717) is 6.04 Å². The minimum Gasteiger partial charge on any atom is -0.335 e. The fraction of sp³-hybridized carbons (Fsp3) is 0.800. The maximum atomic E-state index is 12.2. The van der Waals surface area contributed by atoms with Gasteiger partial charge in [-0.2, -0.15) is 0 Å². The molecule has 19 heavy (non-hydrogen) atoms. The summed E-state index contributed by atoms with van der Waals surface area (Å²) in [4.78, 5) is 16.5. The van der Waals surface area contributed by atoms with Gasteiger partial charge in [-0.3, -0.25) is 4.90 Å². The molecule has 1 N–H and O–H groups in total. The van der Waals surface area contributed by atoms with Gasteiger partial charge in [0.05, 0.1) is 0 Å². The van der Waals surface area contributed by atoms with Crippen LogP contribution in [0.1, 0.15) is 38.5 Å². The number of piperazine rings is 1. The van der Waals surface area contributed by atoms with Crippen molar-refractivity contribution in [2.45, 2.75) is 44.6 Å². The molecule has 0 radical (unpaired) electrons. The topological polar surface area (TPSA) is 35.6 Å². The first kappa shape index (κ1) is 14.4. The van der Waals surface area contributed by atoms with Crippen LogP contribution in [0.2, 0.25) is 0 Å². The van der Waals surface area contributed by atoms with Gasteiger partial charge in [-0.25, -0.2) is 4.79 Å². The Morgan fingerprint density at radius 2 is 1.74 bits per heavy atom. The Balaban J connectivity index is 1.72. The third-order valence-electron chi connectivity index (χ3n) is 4.23. The average molecular weight is 265 g/mol. The van der Waals surface area contributed by atoms with Gasteiger partial charge in [0.25, 0.3) is 0 Å². The zero-order valence-corrected chi connectivity index (χ0v) is 11.9. The molecular weight excluding hydrogens is 238 g/mol. The molecule has 2 fully saturated rings. The summed E-state index contributed by atoms with van der Waals surface area (Å²) < 4.78 is 0. The molecule has 4 heteroatoms. The van der Waals surface area contributed by atoms with Crippen molar-refractivity contribution in [2.24, 2.45) is 0 Å². The summed E-state index contributed by atoms with van der Waals surface area (Å²) in [5.41, 5.74) is 0. The molecule has 0 unspecified atom stereocenters. The van der Waals surface area contributed by atoms with Crippen LogP contribution in [0.5, 0.6) is 0 Å². The van der Waals surface area contributed by atoms with Gasteiger partial charge < -0.3 is 10.2 Å². The van der Waals surface area contributed by atoms with E-state index in [4.69, 9.17) is 0 Å². The number of nitrogens with one attached hydrogen (secondary N) is 1. The quantitative estimate of drug-likeness (QED) is 0.627. The highest BCUT2D eigenvalue weighted by Crippen LogP contribution is 2.17. The van der Waals surface area contributed by atoms with Gasteiger partial charge in [0.2, 0.25) is 0 Å². The maximum Gasteiger partial charge on any atom is 0.317 e. The number of carbonyl (C=O) groups is 1. The summed E-state index contributed by atoms with van der Waals surface area (Å²) in [6, 6.07) is 0.548. The van der Waals surface area contributed by atoms with Gasteiger partial charge in [0, 0.05) is 38.8 Å². The number of hydrogen-bond donors (Lipinski definition) is 1. The molecule has 1 aliphatic carbocycles. The van der Waals surface area contributed by atoms with Crippen molar-refractivity contribution in [2.75, 3.05) is 32.7 Å². The highest BCUT2D eigenvalue weighted by molar-refractivity contribution is 5.74. The molecule has 0 aromatic rings. The highest BCUT2D eigenvalue weighted by Gasteiger charge is 2.22. The lowest BCUT2D eigenvalue weighted by Crippen LogP contribution is -2.53. The minimum absolute atomic E-state index is 0.144. The van der Waals surface area contributed by atoms with E-state index < -0.39 is 0 Å². The molecule has 108 valence electrons. The van der Waals surface area contributed by atoms with Crippen LogP contribution in [0.3, 0.4) is 0 Å². The summed E-state index contributed by atoms with van der Waals surface area (Å²) in [7, 11) is 0. The molecule has 1 saturated carbocycles. The van der Waals surface area contributed by atoms with Gasteiger partial charge in [0.15, 0.2) is 0 Å². The van der Waals surface area contributed by atoms with E-state index in [0.717, 1.165) is 45.6 Å². The first-order valence-electron chi connectivity index (χ1n) is 7.68. The van der Waals surface area contributed by atoms with E-state index in [1.807, 2.05) is 11.0 Å². The second-order valence-electron chi connectivity index (χ2n) is 5.71. The first-order chi connectivity index (χ1) is 9.29. The Labute approximate surface area is 116 Å². The predicted octanol–water partition coefficient (Wildman–Crippen LogP) is 2.22. The number of carbonyl (C=O) groups excluding carboxylic acids is 1. The molecule has 1 heterocycles. The minimum atomic E-state index is 0.144. The van der Waals surface area contributed by atoms with Crippen LogP contribution in [-0.4, -0.2) is 54.6 Å². The molecule has 0 aromatic heterocycles. The van der Waals surface area contributed by atoms with E-state index in [-0.39, 0.29) is 6.03 Å². The third kappa shape index (κ3) is 4.53. The van der Waals surface area contributed by atoms with Gasteiger partial charge in [-0.05, 0) is 12.8 Å². The molecular formula is C15H27N3O. The molecule has 2 rings (SSSR count). The van der Waals surface area contributed by atoms with Crippen molar-refractivity contribution in [3.05, 3.63) is 12.7 Å². The predicted molar refractivity (Wildman–Crippen MR) is 78.2 cm³/mol. The SMILES string of the molecule is C=CCN1CCN(C(=O)NC2CCCCCC2)CC1. The number of hydrogen-bond acceptors (Lipinski definition) is 2. The smallest absolute Gasteiger partial charge is 0.317 e. The largest absolute Gasteiger partial charge is 0.335 e. The van der Waals surface area contributed by atoms with Crippen molar-refractivity contribution in [1.29, 1.82) is 0 Å². The summed E-state index contributed by atoms with van der Waals surface area (Å²) in [6.07, 6.45) is 9.42. The second kappa shape index (κ2) is 7.53. The molecule has 1 saturated heterocycles. The summed E-state index contributed by atoms with van der Waals surface area (Å²) in [5.74, 6) is 0. The second-order valence-corrected chi connectivity index (χ2v) is 5.71. The number of nitrogens with zero attached hydrogens (tertiary/aromatic N) is 2. The van der Waals surface area contributed by atoms with Gasteiger partial charge in [-0.15, -0.1) is 6.58 Å². The van der Waals surface area contributed by atoms with Gasteiger partial charge >= 0.3 is 6.03 Å². The lowest BCUT2D eigenvalue weighted by atomic mass is 10.1. The molecule has 1 aliphatic heterocycles. The lowest BCUT2D eigenvalue weighted by Gasteiger charge is -2.35. The van der Waals surface area contributed by atoms with Crippen LogP contribution in [0.15, 0.2) is 12.7 Å². The Kier molecular flexibility index (Phi) is 5.70. The van der Waals surface area contributed by atoms with Crippen molar-refractivity contribution >= 4 is 6.03 Å². The van der Waals surface area contributed by atoms with Crippen LogP contribution in [0.25, 0.3) is 0 Å². The summed E-state index contributed by atoms with van der Waals surface area (Å²) in [5, 5.41) is 3.22. The Bertz CT molecular complexity index is 290. The van der Waals surface area contributed by atoms with Crippen LogP contribution >= 0.6 is 0 Å². The highest BCUT2D eigenvalue weighted by atomic mass is 16.2.